The number of amides is 1. The quantitative estimate of drug-likeness (QED) is 0.703. The summed E-state index contributed by atoms with van der Waals surface area (Å²) >= 11 is 0. The van der Waals surface area contributed by atoms with Crippen LogP contribution in [0.2, 0.25) is 0 Å². The lowest BCUT2D eigenvalue weighted by molar-refractivity contribution is 0.102. The van der Waals surface area contributed by atoms with Gasteiger partial charge in [0, 0.05) is 31.5 Å². The highest BCUT2D eigenvalue weighted by Gasteiger charge is 2.20. The first kappa shape index (κ1) is 19.4. The lowest BCUT2D eigenvalue weighted by atomic mass is 9.89. The summed E-state index contributed by atoms with van der Waals surface area (Å²) in [7, 11) is 3.83. The molecule has 1 fully saturated rings. The zero-order valence-corrected chi connectivity index (χ0v) is 16.3. The third kappa shape index (κ3) is 5.08. The molecule has 0 radical (unpaired) electrons. The van der Waals surface area contributed by atoms with E-state index >= 15 is 0 Å². The number of nitrogens with one attached hydrogen (secondary N) is 3. The number of nitrogens with zero attached hydrogens (tertiary/aromatic N) is 1. The van der Waals surface area contributed by atoms with Crippen LogP contribution in [0.15, 0.2) is 48.5 Å². The summed E-state index contributed by atoms with van der Waals surface area (Å²) in [6.07, 6.45) is 2.40. The predicted octanol–water partition coefficient (Wildman–Crippen LogP) is 3.38. The van der Waals surface area contributed by atoms with Gasteiger partial charge in [-0.25, -0.2) is 0 Å². The summed E-state index contributed by atoms with van der Waals surface area (Å²) in [5, 5.41) is 9.28. The highest BCUT2D eigenvalue weighted by Crippen LogP contribution is 2.29. The molecule has 1 amide bonds. The predicted molar refractivity (Wildman–Crippen MR) is 113 cm³/mol. The third-order valence-corrected chi connectivity index (χ3v) is 5.35. The molecular formula is C22H30N4O. The number of piperidine rings is 1. The molecular weight excluding hydrogens is 336 g/mol. The molecule has 0 saturated carbocycles. The Bertz CT molecular complexity index is 736. The number of likely N-dealkylation sites (N-methyl/N-ethyl adjacent to an activating group) is 1. The Kier molecular flexibility index (Phi) is 6.85. The summed E-state index contributed by atoms with van der Waals surface area (Å²) in [4.78, 5) is 15.1. The van der Waals surface area contributed by atoms with Gasteiger partial charge in [-0.1, -0.05) is 24.3 Å². The Morgan fingerprint density at radius 3 is 2.41 bits per heavy atom. The van der Waals surface area contributed by atoms with Crippen molar-refractivity contribution in [2.24, 2.45) is 0 Å². The molecule has 1 heterocycles. The number of carbonyl (C=O) groups excluding carboxylic acids is 1. The second kappa shape index (κ2) is 9.53. The Morgan fingerprint density at radius 1 is 1.04 bits per heavy atom. The smallest absolute Gasteiger partial charge is 0.257 e. The topological polar surface area (TPSA) is 56.4 Å². The van der Waals surface area contributed by atoms with Crippen molar-refractivity contribution in [2.45, 2.75) is 18.8 Å². The van der Waals surface area contributed by atoms with Crippen LogP contribution in [0.5, 0.6) is 0 Å². The molecule has 3 N–H and O–H groups in total. The molecule has 5 heteroatoms. The normalized spacial score (nSPS) is 15.5. The van der Waals surface area contributed by atoms with Crippen LogP contribution in [-0.4, -0.2) is 51.1 Å². The number of hydrogen-bond acceptors (Lipinski definition) is 4. The molecule has 0 aliphatic carbocycles. The SMILES string of the molecule is CNCCN1CCC(c2ccc(NC(=O)c3ccccc3NC)cc2)CC1. The van der Waals surface area contributed by atoms with Gasteiger partial charge in [0.1, 0.15) is 0 Å². The molecule has 0 atom stereocenters. The summed E-state index contributed by atoms with van der Waals surface area (Å²) in [6, 6.07) is 15.9. The van der Waals surface area contributed by atoms with Crippen molar-refractivity contribution in [1.29, 1.82) is 0 Å². The monoisotopic (exact) mass is 366 g/mol. The van der Waals surface area contributed by atoms with Gasteiger partial charge in [-0.15, -0.1) is 0 Å². The van der Waals surface area contributed by atoms with E-state index in [2.05, 4.69) is 33.0 Å². The van der Waals surface area contributed by atoms with E-state index in [4.69, 9.17) is 0 Å². The average Bonchev–Trinajstić information content (AvgIpc) is 2.73. The maximum Gasteiger partial charge on any atom is 0.257 e. The van der Waals surface area contributed by atoms with Gasteiger partial charge in [0.2, 0.25) is 0 Å². The Balaban J connectivity index is 1.57. The number of carbonyl (C=O) groups is 1. The minimum Gasteiger partial charge on any atom is -0.387 e. The maximum atomic E-state index is 12.5. The van der Waals surface area contributed by atoms with Crippen LogP contribution >= 0.6 is 0 Å². The van der Waals surface area contributed by atoms with Gasteiger partial charge in [0.15, 0.2) is 0 Å². The maximum absolute atomic E-state index is 12.5. The fourth-order valence-corrected chi connectivity index (χ4v) is 3.70. The number of hydrogen-bond donors (Lipinski definition) is 3. The fraction of sp³-hybridized carbons (Fsp3) is 0.409. The van der Waals surface area contributed by atoms with Crippen molar-refractivity contribution >= 4 is 17.3 Å². The molecule has 1 aliphatic heterocycles. The number of likely N-dealkylation sites (tertiary alicyclic amines) is 1. The first-order valence-electron chi connectivity index (χ1n) is 9.76. The van der Waals surface area contributed by atoms with Gasteiger partial charge in [0.25, 0.3) is 5.91 Å². The Morgan fingerprint density at radius 2 is 1.74 bits per heavy atom. The summed E-state index contributed by atoms with van der Waals surface area (Å²) in [5.74, 6) is 0.524. The minimum absolute atomic E-state index is 0.0921. The number of anilines is 2. The third-order valence-electron chi connectivity index (χ3n) is 5.35. The summed E-state index contributed by atoms with van der Waals surface area (Å²) in [5.41, 5.74) is 3.69. The highest BCUT2D eigenvalue weighted by atomic mass is 16.1. The zero-order valence-electron chi connectivity index (χ0n) is 16.3. The van der Waals surface area contributed by atoms with Gasteiger partial charge in [-0.2, -0.15) is 0 Å². The van der Waals surface area contributed by atoms with Crippen molar-refractivity contribution in [2.75, 3.05) is 50.9 Å². The van der Waals surface area contributed by atoms with Crippen LogP contribution < -0.4 is 16.0 Å². The second-order valence-corrected chi connectivity index (χ2v) is 7.09. The number of para-hydroxylation sites is 1. The second-order valence-electron chi connectivity index (χ2n) is 7.09. The molecule has 2 aromatic carbocycles. The molecule has 5 nitrogen and oxygen atoms in total. The highest BCUT2D eigenvalue weighted by molar-refractivity contribution is 6.08. The molecule has 2 aromatic rings. The van der Waals surface area contributed by atoms with Gasteiger partial charge < -0.3 is 20.9 Å². The zero-order chi connectivity index (χ0) is 19.1. The van der Waals surface area contributed by atoms with E-state index in [1.165, 1.54) is 18.4 Å². The lowest BCUT2D eigenvalue weighted by Gasteiger charge is -2.32. The Hall–Kier alpha value is -2.37. The van der Waals surface area contributed by atoms with E-state index in [-0.39, 0.29) is 5.91 Å². The van der Waals surface area contributed by atoms with Crippen molar-refractivity contribution < 1.29 is 4.79 Å². The standard InChI is InChI=1S/C22H30N4O/c1-23-13-16-26-14-11-18(12-15-26)17-7-9-19(10-8-17)25-22(27)20-5-3-4-6-21(20)24-2/h3-10,18,23-24H,11-16H2,1-2H3,(H,25,27). The molecule has 1 saturated heterocycles. The first-order valence-corrected chi connectivity index (χ1v) is 9.76. The van der Waals surface area contributed by atoms with E-state index in [9.17, 15) is 4.79 Å². The van der Waals surface area contributed by atoms with E-state index in [1.54, 1.807) is 0 Å². The van der Waals surface area contributed by atoms with E-state index in [0.29, 0.717) is 11.5 Å². The van der Waals surface area contributed by atoms with Crippen molar-refractivity contribution in [3.63, 3.8) is 0 Å². The van der Waals surface area contributed by atoms with Gasteiger partial charge in [-0.3, -0.25) is 4.79 Å². The van der Waals surface area contributed by atoms with E-state index in [1.807, 2.05) is 50.5 Å². The molecule has 144 valence electrons. The van der Waals surface area contributed by atoms with Crippen LogP contribution in [0.25, 0.3) is 0 Å². The van der Waals surface area contributed by atoms with Crippen molar-refractivity contribution in [3.8, 4) is 0 Å². The van der Waals surface area contributed by atoms with E-state index < -0.39 is 0 Å². The van der Waals surface area contributed by atoms with Crippen LogP contribution in [0, 0.1) is 0 Å². The van der Waals surface area contributed by atoms with Crippen LogP contribution in [-0.2, 0) is 0 Å². The molecule has 0 unspecified atom stereocenters. The van der Waals surface area contributed by atoms with Gasteiger partial charge >= 0.3 is 0 Å². The van der Waals surface area contributed by atoms with E-state index in [0.717, 1.165) is 37.6 Å². The average molecular weight is 367 g/mol. The molecule has 0 spiro atoms. The van der Waals surface area contributed by atoms with Gasteiger partial charge in [0.05, 0.1) is 5.56 Å². The summed E-state index contributed by atoms with van der Waals surface area (Å²) < 4.78 is 0. The Labute approximate surface area is 162 Å². The largest absolute Gasteiger partial charge is 0.387 e. The lowest BCUT2D eigenvalue weighted by Crippen LogP contribution is -2.37. The number of rotatable bonds is 7. The van der Waals surface area contributed by atoms with Gasteiger partial charge in [-0.05, 0) is 68.7 Å². The summed E-state index contributed by atoms with van der Waals surface area (Å²) in [6.45, 7) is 4.50. The molecule has 3 rings (SSSR count). The van der Waals surface area contributed by atoms with Crippen LogP contribution in [0.4, 0.5) is 11.4 Å². The van der Waals surface area contributed by atoms with Crippen molar-refractivity contribution in [1.82, 2.24) is 10.2 Å². The number of benzene rings is 2. The minimum atomic E-state index is -0.0921. The molecule has 0 aromatic heterocycles. The van der Waals surface area contributed by atoms with Crippen LogP contribution in [0.3, 0.4) is 0 Å². The van der Waals surface area contributed by atoms with Crippen molar-refractivity contribution in [3.05, 3.63) is 59.7 Å². The molecule has 27 heavy (non-hydrogen) atoms. The first-order chi connectivity index (χ1) is 13.2. The molecule has 0 bridgehead atoms. The van der Waals surface area contributed by atoms with Crippen LogP contribution in [0.1, 0.15) is 34.7 Å². The molecule has 1 aliphatic rings. The fourth-order valence-electron chi connectivity index (χ4n) is 3.70.